The third-order valence-electron chi connectivity index (χ3n) is 2.42. The van der Waals surface area contributed by atoms with Crippen molar-refractivity contribution in [2.45, 2.75) is 6.18 Å². The summed E-state index contributed by atoms with van der Waals surface area (Å²) >= 11 is 0. The molecule has 96 valence electrons. The Balaban J connectivity index is 2.83. The molecule has 0 amide bonds. The lowest BCUT2D eigenvalue weighted by Crippen LogP contribution is -2.06. The minimum absolute atomic E-state index is 0.114. The average molecular weight is 260 g/mol. The zero-order valence-electron chi connectivity index (χ0n) is 9.04. The molecule has 0 saturated heterocycles. The van der Waals surface area contributed by atoms with Gasteiger partial charge in [-0.3, -0.25) is 0 Å². The molecule has 0 aliphatic carbocycles. The van der Waals surface area contributed by atoms with Crippen LogP contribution in [0.2, 0.25) is 0 Å². The van der Waals surface area contributed by atoms with Crippen molar-refractivity contribution in [3.8, 4) is 5.75 Å². The second kappa shape index (κ2) is 3.94. The van der Waals surface area contributed by atoms with Gasteiger partial charge in [-0.2, -0.15) is 13.2 Å². The van der Waals surface area contributed by atoms with E-state index >= 15 is 0 Å². The molecular formula is C11H7F3O4. The third kappa shape index (κ3) is 1.87. The molecule has 0 radical (unpaired) electrons. The van der Waals surface area contributed by atoms with E-state index in [0.29, 0.717) is 6.26 Å². The Hall–Kier alpha value is -2.18. The van der Waals surface area contributed by atoms with Gasteiger partial charge in [-0.25, -0.2) is 4.79 Å². The molecule has 1 heterocycles. The molecule has 1 N–H and O–H groups in total. The summed E-state index contributed by atoms with van der Waals surface area (Å²) in [5.74, 6) is -1.37. The second-order valence-corrected chi connectivity index (χ2v) is 3.50. The molecule has 4 nitrogen and oxygen atoms in total. The number of benzene rings is 1. The number of carboxylic acid groups (broad SMARTS) is 1. The van der Waals surface area contributed by atoms with E-state index in [0.717, 1.165) is 6.07 Å². The monoisotopic (exact) mass is 260 g/mol. The van der Waals surface area contributed by atoms with Gasteiger partial charge in [0.05, 0.1) is 12.7 Å². The number of alkyl halides is 3. The van der Waals surface area contributed by atoms with Gasteiger partial charge in [-0.15, -0.1) is 0 Å². The van der Waals surface area contributed by atoms with Crippen LogP contribution in [0.25, 0.3) is 11.0 Å². The topological polar surface area (TPSA) is 59.7 Å². The van der Waals surface area contributed by atoms with E-state index in [-0.39, 0.29) is 11.3 Å². The number of halogens is 3. The standard InChI is InChI=1S/C11H7F3O4/c1-17-5-2-6(10(15)16)9-7(11(12,13)14)4-18-8(9)3-5/h2-4H,1H3,(H,15,16). The molecule has 1 aromatic heterocycles. The van der Waals surface area contributed by atoms with E-state index in [1.165, 1.54) is 13.2 Å². The summed E-state index contributed by atoms with van der Waals surface area (Å²) in [7, 11) is 1.28. The van der Waals surface area contributed by atoms with Crippen molar-refractivity contribution in [3.63, 3.8) is 0 Å². The molecule has 0 saturated carbocycles. The molecule has 0 unspecified atom stereocenters. The summed E-state index contributed by atoms with van der Waals surface area (Å²) in [6, 6.07) is 2.23. The number of aromatic carboxylic acids is 1. The Morgan fingerprint density at radius 1 is 1.39 bits per heavy atom. The number of carbonyl (C=O) groups is 1. The molecule has 18 heavy (non-hydrogen) atoms. The summed E-state index contributed by atoms with van der Waals surface area (Å²) in [6.45, 7) is 0. The quantitative estimate of drug-likeness (QED) is 0.900. The van der Waals surface area contributed by atoms with Crippen LogP contribution in [0.5, 0.6) is 5.75 Å². The minimum atomic E-state index is -4.68. The van der Waals surface area contributed by atoms with Crippen LogP contribution in [0.3, 0.4) is 0 Å². The van der Waals surface area contributed by atoms with Crippen molar-refractivity contribution >= 4 is 16.9 Å². The lowest BCUT2D eigenvalue weighted by atomic mass is 10.1. The SMILES string of the molecule is COc1cc(C(=O)O)c2c(C(F)(F)F)coc2c1. The van der Waals surface area contributed by atoms with E-state index in [9.17, 15) is 18.0 Å². The van der Waals surface area contributed by atoms with Gasteiger partial charge in [0.15, 0.2) is 0 Å². The smallest absolute Gasteiger partial charge is 0.420 e. The summed E-state index contributed by atoms with van der Waals surface area (Å²) in [5.41, 5.74) is -1.80. The van der Waals surface area contributed by atoms with Crippen LogP contribution in [0.15, 0.2) is 22.8 Å². The molecule has 7 heteroatoms. The highest BCUT2D eigenvalue weighted by Crippen LogP contribution is 2.39. The van der Waals surface area contributed by atoms with E-state index in [2.05, 4.69) is 0 Å². The van der Waals surface area contributed by atoms with Crippen molar-refractivity contribution in [2.75, 3.05) is 7.11 Å². The number of ether oxygens (including phenoxy) is 1. The van der Waals surface area contributed by atoms with Crippen LogP contribution in [-0.4, -0.2) is 18.2 Å². The maximum Gasteiger partial charge on any atom is 0.420 e. The minimum Gasteiger partial charge on any atom is -0.497 e. The molecule has 0 fully saturated rings. The van der Waals surface area contributed by atoms with Gasteiger partial charge in [0, 0.05) is 11.5 Å². The van der Waals surface area contributed by atoms with Crippen molar-refractivity contribution in [2.24, 2.45) is 0 Å². The third-order valence-corrected chi connectivity index (χ3v) is 2.42. The number of carboxylic acids is 1. The molecular weight excluding hydrogens is 253 g/mol. The number of furan rings is 1. The largest absolute Gasteiger partial charge is 0.497 e. The molecule has 2 rings (SSSR count). The Kier molecular flexibility index (Phi) is 2.68. The number of hydrogen-bond donors (Lipinski definition) is 1. The summed E-state index contributed by atoms with van der Waals surface area (Å²) in [4.78, 5) is 11.0. The Labute approximate surface area is 98.6 Å². The predicted octanol–water partition coefficient (Wildman–Crippen LogP) is 3.16. The lowest BCUT2D eigenvalue weighted by molar-refractivity contribution is -0.136. The molecule has 0 aliphatic rings. The van der Waals surface area contributed by atoms with Crippen LogP contribution >= 0.6 is 0 Å². The number of methoxy groups -OCH3 is 1. The van der Waals surface area contributed by atoms with Gasteiger partial charge in [0.2, 0.25) is 0 Å². The molecule has 0 spiro atoms. The van der Waals surface area contributed by atoms with Gasteiger partial charge in [-0.1, -0.05) is 0 Å². The average Bonchev–Trinajstić information content (AvgIpc) is 2.70. The Morgan fingerprint density at radius 3 is 2.56 bits per heavy atom. The van der Waals surface area contributed by atoms with E-state index in [1.807, 2.05) is 0 Å². The molecule has 0 atom stereocenters. The van der Waals surface area contributed by atoms with Crippen LogP contribution < -0.4 is 4.74 Å². The van der Waals surface area contributed by atoms with Crippen LogP contribution in [-0.2, 0) is 6.18 Å². The van der Waals surface area contributed by atoms with Crippen LogP contribution in [0.1, 0.15) is 15.9 Å². The van der Waals surface area contributed by atoms with E-state index in [1.54, 1.807) is 0 Å². The van der Waals surface area contributed by atoms with Gasteiger partial charge in [-0.05, 0) is 6.07 Å². The fourth-order valence-electron chi connectivity index (χ4n) is 1.64. The summed E-state index contributed by atoms with van der Waals surface area (Å²) < 4.78 is 47.6. The van der Waals surface area contributed by atoms with Gasteiger partial charge >= 0.3 is 12.1 Å². The first-order valence-corrected chi connectivity index (χ1v) is 4.74. The Bertz CT molecular complexity index is 613. The van der Waals surface area contributed by atoms with E-state index in [4.69, 9.17) is 14.3 Å². The van der Waals surface area contributed by atoms with Gasteiger partial charge in [0.1, 0.15) is 23.2 Å². The van der Waals surface area contributed by atoms with Crippen molar-refractivity contribution in [1.82, 2.24) is 0 Å². The number of hydrogen-bond acceptors (Lipinski definition) is 3. The van der Waals surface area contributed by atoms with Crippen molar-refractivity contribution in [1.29, 1.82) is 0 Å². The van der Waals surface area contributed by atoms with E-state index < -0.39 is 28.7 Å². The lowest BCUT2D eigenvalue weighted by Gasteiger charge is -2.06. The highest BCUT2D eigenvalue weighted by molar-refractivity contribution is 6.04. The van der Waals surface area contributed by atoms with Gasteiger partial charge in [0.25, 0.3) is 0 Å². The van der Waals surface area contributed by atoms with Gasteiger partial charge < -0.3 is 14.3 Å². The normalized spacial score (nSPS) is 11.8. The Morgan fingerprint density at radius 2 is 2.06 bits per heavy atom. The highest BCUT2D eigenvalue weighted by Gasteiger charge is 2.36. The fraction of sp³-hybridized carbons (Fsp3) is 0.182. The van der Waals surface area contributed by atoms with Crippen LogP contribution in [0, 0.1) is 0 Å². The maximum absolute atomic E-state index is 12.7. The zero-order chi connectivity index (χ0) is 13.5. The first-order valence-electron chi connectivity index (χ1n) is 4.74. The van der Waals surface area contributed by atoms with Crippen LogP contribution in [0.4, 0.5) is 13.2 Å². The van der Waals surface area contributed by atoms with Crippen molar-refractivity contribution in [3.05, 3.63) is 29.5 Å². The maximum atomic E-state index is 12.7. The fourth-order valence-corrected chi connectivity index (χ4v) is 1.64. The molecule has 1 aromatic carbocycles. The molecule has 0 bridgehead atoms. The molecule has 2 aromatic rings. The van der Waals surface area contributed by atoms with Crippen molar-refractivity contribution < 1.29 is 32.2 Å². The number of rotatable bonds is 2. The second-order valence-electron chi connectivity index (χ2n) is 3.50. The first-order chi connectivity index (χ1) is 8.34. The number of fused-ring (bicyclic) bond motifs is 1. The highest BCUT2D eigenvalue weighted by atomic mass is 19.4. The molecule has 0 aliphatic heterocycles. The summed E-state index contributed by atoms with van der Waals surface area (Å²) in [5, 5.41) is 8.47. The summed E-state index contributed by atoms with van der Waals surface area (Å²) in [6.07, 6.45) is -4.18. The first kappa shape index (κ1) is 12.3. The predicted molar refractivity (Wildman–Crippen MR) is 54.7 cm³/mol. The zero-order valence-corrected chi connectivity index (χ0v) is 9.04.